The highest BCUT2D eigenvalue weighted by atomic mass is 32.2. The van der Waals surface area contributed by atoms with Gasteiger partial charge in [-0.2, -0.15) is 0 Å². The molecule has 0 saturated carbocycles. The molecule has 2 amide bonds. The van der Waals surface area contributed by atoms with Gasteiger partial charge in [0.15, 0.2) is 5.78 Å². The van der Waals surface area contributed by atoms with E-state index < -0.39 is 11.8 Å². The Morgan fingerprint density at radius 2 is 1.50 bits per heavy atom. The molecule has 0 aliphatic heterocycles. The number of rotatable bonds is 11. The monoisotopic (exact) mass is 552 g/mol. The quantitative estimate of drug-likeness (QED) is 0.133. The van der Waals surface area contributed by atoms with E-state index in [1.807, 2.05) is 24.3 Å². The molecule has 7 nitrogen and oxygen atoms in total. The maximum absolute atomic E-state index is 13.4. The van der Waals surface area contributed by atoms with Crippen LogP contribution in [-0.4, -0.2) is 37.6 Å². The summed E-state index contributed by atoms with van der Waals surface area (Å²) in [7, 11) is 3.10. The lowest BCUT2D eigenvalue weighted by Crippen LogP contribution is -2.30. The zero-order chi connectivity index (χ0) is 28.3. The van der Waals surface area contributed by atoms with Crippen molar-refractivity contribution in [3.63, 3.8) is 0 Å². The molecule has 0 radical (unpaired) electrons. The number of methoxy groups -OCH3 is 2. The molecule has 0 aliphatic rings. The smallest absolute Gasteiger partial charge is 0.272 e. The predicted octanol–water partition coefficient (Wildman–Crippen LogP) is 6.09. The molecule has 4 aromatic rings. The van der Waals surface area contributed by atoms with E-state index in [2.05, 4.69) is 10.6 Å². The Labute approximate surface area is 237 Å². The van der Waals surface area contributed by atoms with E-state index in [1.54, 1.807) is 92.0 Å². The van der Waals surface area contributed by atoms with Crippen molar-refractivity contribution in [2.45, 2.75) is 4.90 Å². The summed E-state index contributed by atoms with van der Waals surface area (Å²) in [6, 6.07) is 30.0. The Balaban J connectivity index is 1.51. The number of carbonyl (C=O) groups excluding carboxylic acids is 3. The standard InChI is InChI=1S/C32H28N2O5S/c1-38-26-15-8-13-23(18-26)29(35)21-40-27-16-9-14-25(20-27)33-32(37)28(19-24-12-6-7-17-30(24)39-2)34-31(36)22-10-4-3-5-11-22/h3-20H,21H2,1-2H3,(H,33,37)(H,34,36)/b28-19-. The van der Waals surface area contributed by atoms with Crippen LogP contribution in [0.2, 0.25) is 0 Å². The molecule has 0 spiro atoms. The molecule has 0 unspecified atom stereocenters. The van der Waals surface area contributed by atoms with E-state index >= 15 is 0 Å². The first-order valence-electron chi connectivity index (χ1n) is 12.4. The second-order valence-corrected chi connectivity index (χ2v) is 9.59. The highest BCUT2D eigenvalue weighted by Gasteiger charge is 2.16. The van der Waals surface area contributed by atoms with E-state index in [0.29, 0.717) is 33.9 Å². The lowest BCUT2D eigenvalue weighted by Gasteiger charge is -2.13. The number of benzene rings is 4. The Morgan fingerprint density at radius 1 is 0.775 bits per heavy atom. The largest absolute Gasteiger partial charge is 0.497 e. The van der Waals surface area contributed by atoms with Crippen molar-refractivity contribution in [2.24, 2.45) is 0 Å². The van der Waals surface area contributed by atoms with Gasteiger partial charge in [0, 0.05) is 27.3 Å². The molecule has 40 heavy (non-hydrogen) atoms. The van der Waals surface area contributed by atoms with Crippen molar-refractivity contribution in [3.8, 4) is 11.5 Å². The number of ether oxygens (including phenoxy) is 2. The van der Waals surface area contributed by atoms with Crippen LogP contribution in [0.15, 0.2) is 114 Å². The highest BCUT2D eigenvalue weighted by molar-refractivity contribution is 8.00. The van der Waals surface area contributed by atoms with E-state index in [-0.39, 0.29) is 17.2 Å². The first-order valence-corrected chi connectivity index (χ1v) is 13.4. The predicted molar refractivity (Wildman–Crippen MR) is 158 cm³/mol. The summed E-state index contributed by atoms with van der Waals surface area (Å²) in [6.07, 6.45) is 1.57. The molecular weight excluding hydrogens is 524 g/mol. The molecule has 0 aromatic heterocycles. The van der Waals surface area contributed by atoms with Gasteiger partial charge >= 0.3 is 0 Å². The van der Waals surface area contributed by atoms with Crippen LogP contribution in [0.5, 0.6) is 11.5 Å². The maximum Gasteiger partial charge on any atom is 0.272 e. The van der Waals surface area contributed by atoms with Crippen LogP contribution in [0, 0.1) is 0 Å². The SMILES string of the molecule is COc1cccc(C(=O)CSc2cccc(NC(=O)/C(=C/c3ccccc3OC)NC(=O)c3ccccc3)c2)c1. The zero-order valence-electron chi connectivity index (χ0n) is 22.0. The molecule has 2 N–H and O–H groups in total. The number of para-hydroxylation sites is 1. The second kappa shape index (κ2) is 13.8. The number of anilines is 1. The van der Waals surface area contributed by atoms with Crippen molar-refractivity contribution in [1.82, 2.24) is 5.32 Å². The molecule has 0 aliphatic carbocycles. The second-order valence-electron chi connectivity index (χ2n) is 8.55. The Kier molecular flexibility index (Phi) is 9.74. The van der Waals surface area contributed by atoms with Gasteiger partial charge in [0.1, 0.15) is 17.2 Å². The number of Topliss-reactive ketones (excluding diaryl/α,β-unsaturated/α-hetero) is 1. The minimum Gasteiger partial charge on any atom is -0.497 e. The molecule has 0 saturated heterocycles. The Bertz CT molecular complexity index is 1540. The van der Waals surface area contributed by atoms with Gasteiger partial charge in [-0.3, -0.25) is 14.4 Å². The lowest BCUT2D eigenvalue weighted by atomic mass is 10.1. The van der Waals surface area contributed by atoms with Gasteiger partial charge in [-0.05, 0) is 54.6 Å². The third-order valence-corrected chi connectivity index (χ3v) is 6.81. The summed E-state index contributed by atoms with van der Waals surface area (Å²) in [5.74, 6) is 0.431. The minimum atomic E-state index is -0.509. The minimum absolute atomic E-state index is 0.0380. The molecule has 0 atom stereocenters. The van der Waals surface area contributed by atoms with Gasteiger partial charge < -0.3 is 20.1 Å². The fraction of sp³-hybridized carbons (Fsp3) is 0.0938. The van der Waals surface area contributed by atoms with Crippen LogP contribution in [0.25, 0.3) is 6.08 Å². The number of hydrogen-bond donors (Lipinski definition) is 2. The van der Waals surface area contributed by atoms with Crippen molar-refractivity contribution >= 4 is 41.1 Å². The summed E-state index contributed by atoms with van der Waals surface area (Å²) in [4.78, 5) is 39.8. The molecule has 0 bridgehead atoms. The van der Waals surface area contributed by atoms with Crippen molar-refractivity contribution < 1.29 is 23.9 Å². The first-order chi connectivity index (χ1) is 19.5. The van der Waals surface area contributed by atoms with Crippen molar-refractivity contribution in [1.29, 1.82) is 0 Å². The molecule has 4 aromatic carbocycles. The molecule has 0 fully saturated rings. The number of hydrogen-bond acceptors (Lipinski definition) is 6. The van der Waals surface area contributed by atoms with Crippen LogP contribution in [0.4, 0.5) is 5.69 Å². The fourth-order valence-corrected chi connectivity index (χ4v) is 4.62. The van der Waals surface area contributed by atoms with E-state index in [4.69, 9.17) is 9.47 Å². The number of ketones is 1. The number of carbonyl (C=O) groups is 3. The highest BCUT2D eigenvalue weighted by Crippen LogP contribution is 2.25. The van der Waals surface area contributed by atoms with Crippen LogP contribution >= 0.6 is 11.8 Å². The van der Waals surface area contributed by atoms with Crippen LogP contribution < -0.4 is 20.1 Å². The topological polar surface area (TPSA) is 93.7 Å². The fourth-order valence-electron chi connectivity index (χ4n) is 3.77. The number of nitrogens with one attached hydrogen (secondary N) is 2. The summed E-state index contributed by atoms with van der Waals surface area (Å²) in [5.41, 5.74) is 2.18. The number of thioether (sulfide) groups is 1. The molecule has 8 heteroatoms. The Hall–Kier alpha value is -4.82. The van der Waals surface area contributed by atoms with Gasteiger partial charge in [0.05, 0.1) is 20.0 Å². The van der Waals surface area contributed by atoms with Gasteiger partial charge in [0.2, 0.25) is 0 Å². The average Bonchev–Trinajstić information content (AvgIpc) is 3.00. The van der Waals surface area contributed by atoms with Crippen LogP contribution in [0.1, 0.15) is 26.3 Å². The summed E-state index contributed by atoms with van der Waals surface area (Å²) in [5, 5.41) is 5.58. The number of amides is 2. The third-order valence-electron chi connectivity index (χ3n) is 5.82. The van der Waals surface area contributed by atoms with Gasteiger partial charge in [-0.15, -0.1) is 11.8 Å². The third kappa shape index (κ3) is 7.61. The summed E-state index contributed by atoms with van der Waals surface area (Å²) in [6.45, 7) is 0. The summed E-state index contributed by atoms with van der Waals surface area (Å²) < 4.78 is 10.6. The van der Waals surface area contributed by atoms with Gasteiger partial charge in [-0.1, -0.05) is 54.6 Å². The molecular formula is C32H28N2O5S. The van der Waals surface area contributed by atoms with E-state index in [9.17, 15) is 14.4 Å². The first kappa shape index (κ1) is 28.2. The molecule has 202 valence electrons. The van der Waals surface area contributed by atoms with E-state index in [1.165, 1.54) is 18.9 Å². The Morgan fingerprint density at radius 3 is 2.27 bits per heavy atom. The zero-order valence-corrected chi connectivity index (χ0v) is 22.9. The normalized spacial score (nSPS) is 10.9. The molecule has 0 heterocycles. The van der Waals surface area contributed by atoms with E-state index in [0.717, 1.165) is 4.90 Å². The lowest BCUT2D eigenvalue weighted by molar-refractivity contribution is -0.113. The van der Waals surface area contributed by atoms with Gasteiger partial charge in [0.25, 0.3) is 11.8 Å². The van der Waals surface area contributed by atoms with Gasteiger partial charge in [-0.25, -0.2) is 0 Å². The average molecular weight is 553 g/mol. The van der Waals surface area contributed by atoms with Crippen molar-refractivity contribution in [3.05, 3.63) is 126 Å². The maximum atomic E-state index is 13.4. The van der Waals surface area contributed by atoms with Crippen LogP contribution in [-0.2, 0) is 4.79 Å². The molecule has 4 rings (SSSR count). The summed E-state index contributed by atoms with van der Waals surface area (Å²) >= 11 is 1.36. The van der Waals surface area contributed by atoms with Crippen LogP contribution in [0.3, 0.4) is 0 Å². The van der Waals surface area contributed by atoms with Crippen molar-refractivity contribution in [2.75, 3.05) is 25.3 Å².